The van der Waals surface area contributed by atoms with Crippen molar-refractivity contribution in [2.24, 2.45) is 0 Å². The summed E-state index contributed by atoms with van der Waals surface area (Å²) < 4.78 is 25.8. The van der Waals surface area contributed by atoms with Gasteiger partial charge in [0.25, 0.3) is 11.8 Å². The number of ether oxygens (including phenoxy) is 5. The number of carboxylic acid groups (broad SMARTS) is 1. The highest BCUT2D eigenvalue weighted by Crippen LogP contribution is 2.04. The van der Waals surface area contributed by atoms with Crippen LogP contribution in [0.3, 0.4) is 0 Å². The van der Waals surface area contributed by atoms with Gasteiger partial charge in [0.2, 0.25) is 0 Å². The van der Waals surface area contributed by atoms with Crippen molar-refractivity contribution in [1.82, 2.24) is 4.90 Å². The first-order valence-corrected chi connectivity index (χ1v) is 9.22. The molecule has 1 rings (SSSR count). The minimum Gasteiger partial charge on any atom is -0.481 e. The van der Waals surface area contributed by atoms with Gasteiger partial charge < -0.3 is 28.8 Å². The number of imide groups is 1. The van der Waals surface area contributed by atoms with E-state index in [9.17, 15) is 19.2 Å². The number of carboxylic acids is 1. The van der Waals surface area contributed by atoms with Crippen molar-refractivity contribution in [3.8, 4) is 0 Å². The summed E-state index contributed by atoms with van der Waals surface area (Å²) in [5, 5.41) is 8.42. The van der Waals surface area contributed by atoms with Gasteiger partial charge in [0.05, 0.1) is 52.7 Å². The molecule has 1 aliphatic rings. The van der Waals surface area contributed by atoms with Crippen LogP contribution >= 0.6 is 0 Å². The molecule has 0 fully saturated rings. The summed E-state index contributed by atoms with van der Waals surface area (Å²) in [5.41, 5.74) is 0. The molecular weight excluding hydrogens is 390 g/mol. The summed E-state index contributed by atoms with van der Waals surface area (Å²) in [4.78, 5) is 45.2. The molecule has 0 aromatic heterocycles. The molecule has 0 bridgehead atoms. The van der Waals surface area contributed by atoms with E-state index in [1.807, 2.05) is 0 Å². The van der Waals surface area contributed by atoms with E-state index < -0.39 is 23.8 Å². The second-order valence-corrected chi connectivity index (χ2v) is 5.78. The molecular formula is C18H27NO10. The van der Waals surface area contributed by atoms with Gasteiger partial charge in [0, 0.05) is 25.2 Å². The monoisotopic (exact) mass is 417 g/mol. The number of nitrogens with zero attached hydrogens (tertiary/aromatic N) is 1. The average molecular weight is 417 g/mol. The third kappa shape index (κ3) is 12.7. The Hall–Kier alpha value is -2.34. The number of amides is 2. The number of hydrogen-bond acceptors (Lipinski definition) is 9. The van der Waals surface area contributed by atoms with E-state index in [1.54, 1.807) is 0 Å². The molecule has 29 heavy (non-hydrogen) atoms. The van der Waals surface area contributed by atoms with Crippen LogP contribution < -0.4 is 0 Å². The predicted molar refractivity (Wildman–Crippen MR) is 96.7 cm³/mol. The zero-order chi connectivity index (χ0) is 21.3. The minimum absolute atomic E-state index is 0.0252. The zero-order valence-electron chi connectivity index (χ0n) is 16.2. The van der Waals surface area contributed by atoms with E-state index in [-0.39, 0.29) is 26.2 Å². The number of rotatable bonds is 18. The van der Waals surface area contributed by atoms with Gasteiger partial charge in [-0.15, -0.1) is 0 Å². The number of aliphatic carboxylic acids is 1. The van der Waals surface area contributed by atoms with Gasteiger partial charge in [-0.25, -0.2) is 4.90 Å². The number of carbonyl (C=O) groups is 4. The average Bonchev–Trinajstić information content (AvgIpc) is 3.00. The topological polar surface area (TPSA) is 138 Å². The van der Waals surface area contributed by atoms with Gasteiger partial charge >= 0.3 is 11.9 Å². The lowest BCUT2D eigenvalue weighted by Gasteiger charge is -2.13. The molecule has 0 aromatic rings. The smallest absolute Gasteiger partial charge is 0.307 e. The van der Waals surface area contributed by atoms with Gasteiger partial charge in [-0.1, -0.05) is 0 Å². The SMILES string of the molecule is O=C(O)CCOCCOCCOCCOCCCC(=O)OCN1C(=O)C=CC1=O. The molecule has 0 aromatic carbocycles. The van der Waals surface area contributed by atoms with Crippen molar-refractivity contribution in [2.75, 3.05) is 59.6 Å². The highest BCUT2D eigenvalue weighted by molar-refractivity contribution is 6.12. The Labute approximate surface area is 168 Å². The van der Waals surface area contributed by atoms with Crippen LogP contribution in [0.15, 0.2) is 12.2 Å². The predicted octanol–water partition coefficient (Wildman–Crippen LogP) is -0.267. The third-order valence-corrected chi connectivity index (χ3v) is 3.50. The minimum atomic E-state index is -0.896. The molecule has 11 heteroatoms. The van der Waals surface area contributed by atoms with Crippen molar-refractivity contribution in [2.45, 2.75) is 19.3 Å². The Kier molecular flexibility index (Phi) is 13.3. The van der Waals surface area contributed by atoms with Crippen LogP contribution in [0.25, 0.3) is 0 Å². The quantitative estimate of drug-likeness (QED) is 0.180. The Morgan fingerprint density at radius 2 is 1.24 bits per heavy atom. The van der Waals surface area contributed by atoms with Crippen LogP contribution in [0.4, 0.5) is 0 Å². The third-order valence-electron chi connectivity index (χ3n) is 3.50. The van der Waals surface area contributed by atoms with Crippen molar-refractivity contribution in [3.05, 3.63) is 12.2 Å². The first kappa shape index (κ1) is 24.7. The molecule has 0 atom stereocenters. The summed E-state index contributed by atoms with van der Waals surface area (Å²) in [6.07, 6.45) is 2.79. The van der Waals surface area contributed by atoms with Crippen LogP contribution in [0.2, 0.25) is 0 Å². The second-order valence-electron chi connectivity index (χ2n) is 5.78. The zero-order valence-corrected chi connectivity index (χ0v) is 16.2. The fraction of sp³-hybridized carbons (Fsp3) is 0.667. The van der Waals surface area contributed by atoms with Gasteiger partial charge in [-0.3, -0.25) is 19.2 Å². The van der Waals surface area contributed by atoms with Gasteiger partial charge in [-0.05, 0) is 6.42 Å². The second kappa shape index (κ2) is 15.6. The molecule has 0 saturated carbocycles. The van der Waals surface area contributed by atoms with Crippen molar-refractivity contribution in [3.63, 3.8) is 0 Å². The van der Waals surface area contributed by atoms with E-state index in [4.69, 9.17) is 28.8 Å². The highest BCUT2D eigenvalue weighted by Gasteiger charge is 2.24. The fourth-order valence-electron chi connectivity index (χ4n) is 2.01. The summed E-state index contributed by atoms with van der Waals surface area (Å²) in [5.74, 6) is -2.41. The van der Waals surface area contributed by atoms with Crippen molar-refractivity contribution < 1.29 is 48.0 Å². The van der Waals surface area contributed by atoms with Crippen LogP contribution in [-0.2, 0) is 42.9 Å². The summed E-state index contributed by atoms with van der Waals surface area (Å²) in [6, 6.07) is 0. The van der Waals surface area contributed by atoms with Crippen LogP contribution in [0.1, 0.15) is 19.3 Å². The Bertz CT molecular complexity index is 545. The largest absolute Gasteiger partial charge is 0.481 e. The van der Waals surface area contributed by atoms with E-state index in [0.717, 1.165) is 17.1 Å². The molecule has 1 heterocycles. The molecule has 11 nitrogen and oxygen atoms in total. The molecule has 2 amide bonds. The molecule has 164 valence electrons. The van der Waals surface area contributed by atoms with E-state index in [0.29, 0.717) is 52.7 Å². The van der Waals surface area contributed by atoms with Gasteiger partial charge in [-0.2, -0.15) is 0 Å². The highest BCUT2D eigenvalue weighted by atomic mass is 16.6. The van der Waals surface area contributed by atoms with Crippen LogP contribution in [-0.4, -0.2) is 93.3 Å². The van der Waals surface area contributed by atoms with Crippen LogP contribution in [0, 0.1) is 0 Å². The molecule has 0 aliphatic carbocycles. The lowest BCUT2D eigenvalue weighted by molar-refractivity contribution is -0.155. The Balaban J connectivity index is 1.79. The maximum Gasteiger partial charge on any atom is 0.307 e. The lowest BCUT2D eigenvalue weighted by Crippen LogP contribution is -2.33. The van der Waals surface area contributed by atoms with Crippen molar-refractivity contribution >= 4 is 23.8 Å². The maximum atomic E-state index is 11.5. The van der Waals surface area contributed by atoms with Crippen molar-refractivity contribution in [1.29, 1.82) is 0 Å². The van der Waals surface area contributed by atoms with Gasteiger partial charge in [0.1, 0.15) is 0 Å². The Morgan fingerprint density at radius 3 is 1.76 bits per heavy atom. The Morgan fingerprint density at radius 1 is 0.759 bits per heavy atom. The number of hydrogen-bond donors (Lipinski definition) is 1. The summed E-state index contributed by atoms with van der Waals surface area (Å²) in [7, 11) is 0. The fourth-order valence-corrected chi connectivity index (χ4v) is 2.01. The van der Waals surface area contributed by atoms with E-state index in [1.165, 1.54) is 0 Å². The molecule has 1 N–H and O–H groups in total. The first-order chi connectivity index (χ1) is 14.0. The molecule has 0 radical (unpaired) electrons. The van der Waals surface area contributed by atoms with Gasteiger partial charge in [0.15, 0.2) is 6.73 Å². The first-order valence-electron chi connectivity index (χ1n) is 9.22. The lowest BCUT2D eigenvalue weighted by atomic mass is 10.3. The normalized spacial score (nSPS) is 13.3. The van der Waals surface area contributed by atoms with Crippen LogP contribution in [0.5, 0.6) is 0 Å². The molecule has 1 aliphatic heterocycles. The number of esters is 1. The molecule has 0 unspecified atom stereocenters. The maximum absolute atomic E-state index is 11.5. The van der Waals surface area contributed by atoms with E-state index in [2.05, 4.69) is 0 Å². The summed E-state index contributed by atoms with van der Waals surface area (Å²) >= 11 is 0. The molecule has 0 saturated heterocycles. The molecule has 0 spiro atoms. The standard InChI is InChI=1S/C18H27NO10/c20-15-3-4-16(21)19(15)14-29-18(24)2-1-6-25-8-10-27-12-13-28-11-9-26-7-5-17(22)23/h3-4H,1-2,5-14H2,(H,22,23). The number of carbonyl (C=O) groups excluding carboxylic acids is 3. The summed E-state index contributed by atoms with van der Waals surface area (Å²) in [6.45, 7) is 2.39. The van der Waals surface area contributed by atoms with E-state index >= 15 is 0 Å².